The number of carbonyl (C=O) groups excluding carboxylic acids is 1. The van der Waals surface area contributed by atoms with Crippen LogP contribution in [0.25, 0.3) is 0 Å². The van der Waals surface area contributed by atoms with Crippen molar-refractivity contribution in [2.24, 2.45) is 5.92 Å². The van der Waals surface area contributed by atoms with Crippen molar-refractivity contribution < 1.29 is 4.79 Å². The Labute approximate surface area is 110 Å². The average Bonchev–Trinajstić information content (AvgIpc) is 2.29. The summed E-state index contributed by atoms with van der Waals surface area (Å²) < 4.78 is 0. The van der Waals surface area contributed by atoms with Crippen LogP contribution in [-0.2, 0) is 11.2 Å². The van der Waals surface area contributed by atoms with E-state index in [9.17, 15) is 4.79 Å². The van der Waals surface area contributed by atoms with Gasteiger partial charge in [0.1, 0.15) is 6.54 Å². The standard InChI is InChI=1S/C12H12Cl2N2O/c1-8(12(17)16-5-4-15)6-9-2-3-10(13)7-11(9)14/h2-3,7-8H,5-6H2,1H3,(H,16,17). The summed E-state index contributed by atoms with van der Waals surface area (Å²) in [7, 11) is 0. The lowest BCUT2D eigenvalue weighted by Gasteiger charge is -2.11. The lowest BCUT2D eigenvalue weighted by atomic mass is 10.0. The molecule has 0 aromatic heterocycles. The average molecular weight is 271 g/mol. The summed E-state index contributed by atoms with van der Waals surface area (Å²) >= 11 is 11.8. The Morgan fingerprint density at radius 3 is 2.82 bits per heavy atom. The van der Waals surface area contributed by atoms with E-state index < -0.39 is 0 Å². The molecule has 0 aliphatic heterocycles. The molecule has 3 nitrogen and oxygen atoms in total. The molecule has 0 heterocycles. The van der Waals surface area contributed by atoms with Gasteiger partial charge in [0.2, 0.25) is 5.91 Å². The van der Waals surface area contributed by atoms with Crippen LogP contribution in [0.2, 0.25) is 10.0 Å². The Morgan fingerprint density at radius 2 is 2.24 bits per heavy atom. The second-order valence-corrected chi connectivity index (χ2v) is 4.56. The second kappa shape index (κ2) is 6.48. The molecule has 1 rings (SSSR count). The maximum Gasteiger partial charge on any atom is 0.223 e. The van der Waals surface area contributed by atoms with Gasteiger partial charge in [0, 0.05) is 16.0 Å². The van der Waals surface area contributed by atoms with Gasteiger partial charge < -0.3 is 5.32 Å². The molecule has 0 radical (unpaired) electrons. The summed E-state index contributed by atoms with van der Waals surface area (Å²) in [5.41, 5.74) is 0.871. The number of hydrogen-bond donors (Lipinski definition) is 1. The van der Waals surface area contributed by atoms with Crippen LogP contribution in [0, 0.1) is 17.2 Å². The number of nitrogens with zero attached hydrogens (tertiary/aromatic N) is 1. The number of nitriles is 1. The molecule has 0 bridgehead atoms. The van der Waals surface area contributed by atoms with Gasteiger partial charge in [-0.25, -0.2) is 0 Å². The highest BCUT2D eigenvalue weighted by molar-refractivity contribution is 6.35. The zero-order chi connectivity index (χ0) is 12.8. The fraction of sp³-hybridized carbons (Fsp3) is 0.333. The maximum atomic E-state index is 11.6. The zero-order valence-corrected chi connectivity index (χ0v) is 10.8. The minimum Gasteiger partial charge on any atom is -0.343 e. The van der Waals surface area contributed by atoms with Crippen LogP contribution in [-0.4, -0.2) is 12.5 Å². The summed E-state index contributed by atoms with van der Waals surface area (Å²) in [6.07, 6.45) is 0.521. The van der Waals surface area contributed by atoms with Crippen molar-refractivity contribution >= 4 is 29.1 Å². The quantitative estimate of drug-likeness (QED) is 0.856. The predicted molar refractivity (Wildman–Crippen MR) is 68.0 cm³/mol. The summed E-state index contributed by atoms with van der Waals surface area (Å²) in [5, 5.41) is 12.0. The number of amides is 1. The molecule has 5 heteroatoms. The SMILES string of the molecule is CC(Cc1ccc(Cl)cc1Cl)C(=O)NCC#N. The molecule has 0 saturated heterocycles. The molecule has 90 valence electrons. The van der Waals surface area contributed by atoms with E-state index in [-0.39, 0.29) is 18.4 Å². The molecule has 1 N–H and O–H groups in total. The molecule has 0 fully saturated rings. The van der Waals surface area contributed by atoms with Crippen LogP contribution in [0.1, 0.15) is 12.5 Å². The van der Waals surface area contributed by atoms with Gasteiger partial charge >= 0.3 is 0 Å². The first-order valence-corrected chi connectivity index (χ1v) is 5.88. The molecular weight excluding hydrogens is 259 g/mol. The lowest BCUT2D eigenvalue weighted by molar-refractivity contribution is -0.124. The Morgan fingerprint density at radius 1 is 1.53 bits per heavy atom. The normalized spacial score (nSPS) is 11.6. The van der Waals surface area contributed by atoms with E-state index in [0.29, 0.717) is 16.5 Å². The second-order valence-electron chi connectivity index (χ2n) is 3.72. The van der Waals surface area contributed by atoms with E-state index in [0.717, 1.165) is 5.56 Å². The molecule has 1 unspecified atom stereocenters. The van der Waals surface area contributed by atoms with E-state index in [1.165, 1.54) is 0 Å². The van der Waals surface area contributed by atoms with Gasteiger partial charge in [-0.05, 0) is 24.1 Å². The first-order valence-electron chi connectivity index (χ1n) is 5.13. The van der Waals surface area contributed by atoms with Gasteiger partial charge in [0.05, 0.1) is 6.07 Å². The first-order chi connectivity index (χ1) is 8.04. The van der Waals surface area contributed by atoms with Crippen molar-refractivity contribution in [1.82, 2.24) is 5.32 Å². The van der Waals surface area contributed by atoms with Gasteiger partial charge in [0.15, 0.2) is 0 Å². The van der Waals surface area contributed by atoms with E-state index >= 15 is 0 Å². The van der Waals surface area contributed by atoms with Crippen molar-refractivity contribution in [2.45, 2.75) is 13.3 Å². The van der Waals surface area contributed by atoms with Crippen LogP contribution >= 0.6 is 23.2 Å². The van der Waals surface area contributed by atoms with Gasteiger partial charge in [-0.2, -0.15) is 5.26 Å². The Bertz CT molecular complexity index is 454. The van der Waals surface area contributed by atoms with Crippen LogP contribution in [0.15, 0.2) is 18.2 Å². The van der Waals surface area contributed by atoms with Crippen molar-refractivity contribution in [3.05, 3.63) is 33.8 Å². The van der Waals surface area contributed by atoms with Gasteiger partial charge in [-0.15, -0.1) is 0 Å². The zero-order valence-electron chi connectivity index (χ0n) is 9.34. The molecule has 0 saturated carbocycles. The van der Waals surface area contributed by atoms with E-state index in [2.05, 4.69) is 5.32 Å². The minimum atomic E-state index is -0.234. The Kier molecular flexibility index (Phi) is 5.27. The summed E-state index contributed by atoms with van der Waals surface area (Å²) in [6.45, 7) is 1.81. The Balaban J connectivity index is 2.65. The van der Waals surface area contributed by atoms with Crippen LogP contribution in [0.3, 0.4) is 0 Å². The topological polar surface area (TPSA) is 52.9 Å². The van der Waals surface area contributed by atoms with Gasteiger partial charge in [-0.1, -0.05) is 36.2 Å². The minimum absolute atomic E-state index is 0.0253. The number of halogens is 2. The molecule has 1 aromatic carbocycles. The Hall–Kier alpha value is -1.24. The van der Waals surface area contributed by atoms with Gasteiger partial charge in [0.25, 0.3) is 0 Å². The van der Waals surface area contributed by atoms with Crippen molar-refractivity contribution in [3.8, 4) is 6.07 Å². The third kappa shape index (κ3) is 4.26. The van der Waals surface area contributed by atoms with E-state index in [4.69, 9.17) is 28.5 Å². The van der Waals surface area contributed by atoms with Crippen LogP contribution < -0.4 is 5.32 Å². The third-order valence-corrected chi connectivity index (χ3v) is 2.92. The highest BCUT2D eigenvalue weighted by atomic mass is 35.5. The first kappa shape index (κ1) is 13.8. The molecule has 0 aliphatic rings. The van der Waals surface area contributed by atoms with Crippen molar-refractivity contribution in [2.75, 3.05) is 6.54 Å². The van der Waals surface area contributed by atoms with Crippen molar-refractivity contribution in [3.63, 3.8) is 0 Å². The number of benzene rings is 1. The van der Waals surface area contributed by atoms with E-state index in [1.807, 2.05) is 6.07 Å². The monoisotopic (exact) mass is 270 g/mol. The number of rotatable bonds is 4. The highest BCUT2D eigenvalue weighted by Crippen LogP contribution is 2.23. The summed E-state index contributed by atoms with van der Waals surface area (Å²) in [6, 6.07) is 7.05. The maximum absolute atomic E-state index is 11.6. The molecule has 0 aliphatic carbocycles. The molecular formula is C12H12Cl2N2O. The van der Waals surface area contributed by atoms with Crippen molar-refractivity contribution in [1.29, 1.82) is 5.26 Å². The smallest absolute Gasteiger partial charge is 0.223 e. The number of carbonyl (C=O) groups is 1. The molecule has 1 amide bonds. The molecule has 0 spiro atoms. The fourth-order valence-corrected chi connectivity index (χ4v) is 1.90. The fourth-order valence-electron chi connectivity index (χ4n) is 1.41. The van der Waals surface area contributed by atoms with Gasteiger partial charge in [-0.3, -0.25) is 4.79 Å². The predicted octanol–water partition coefficient (Wildman–Crippen LogP) is 2.81. The van der Waals surface area contributed by atoms with Crippen LogP contribution in [0.4, 0.5) is 0 Å². The number of nitrogens with one attached hydrogen (secondary N) is 1. The molecule has 17 heavy (non-hydrogen) atoms. The molecule has 1 atom stereocenters. The summed E-state index contributed by atoms with van der Waals surface area (Å²) in [5.74, 6) is -0.389. The lowest BCUT2D eigenvalue weighted by Crippen LogP contribution is -2.30. The summed E-state index contributed by atoms with van der Waals surface area (Å²) in [4.78, 5) is 11.6. The van der Waals surface area contributed by atoms with Crippen LogP contribution in [0.5, 0.6) is 0 Å². The molecule has 1 aromatic rings. The largest absolute Gasteiger partial charge is 0.343 e. The highest BCUT2D eigenvalue weighted by Gasteiger charge is 2.14. The third-order valence-electron chi connectivity index (χ3n) is 2.33. The van der Waals surface area contributed by atoms with E-state index in [1.54, 1.807) is 25.1 Å². The number of hydrogen-bond acceptors (Lipinski definition) is 2.